The molecule has 0 bridgehead atoms. The van der Waals surface area contributed by atoms with Crippen LogP contribution in [0.25, 0.3) is 0 Å². The van der Waals surface area contributed by atoms with Crippen molar-refractivity contribution in [3.05, 3.63) is 18.5 Å². The quantitative estimate of drug-likeness (QED) is 0.812. The van der Waals surface area contributed by atoms with Crippen LogP contribution in [0.15, 0.2) is 23.4 Å². The van der Waals surface area contributed by atoms with E-state index in [0.717, 1.165) is 12.8 Å². The van der Waals surface area contributed by atoms with E-state index in [-0.39, 0.29) is 10.9 Å². The number of anilines is 1. The van der Waals surface area contributed by atoms with Crippen molar-refractivity contribution in [3.63, 3.8) is 0 Å². The zero-order valence-electron chi connectivity index (χ0n) is 10.4. The molecule has 0 aliphatic carbocycles. The monoisotopic (exact) mass is 257 g/mol. The predicted molar refractivity (Wildman–Crippen MR) is 68.5 cm³/mol. The van der Waals surface area contributed by atoms with E-state index in [4.69, 9.17) is 0 Å². The summed E-state index contributed by atoms with van der Waals surface area (Å²) in [5.41, 5.74) is 0.554. The number of nitrogens with zero attached hydrogens (tertiary/aromatic N) is 1. The lowest BCUT2D eigenvalue weighted by atomic mass is 10.2. The highest BCUT2D eigenvalue weighted by Crippen LogP contribution is 2.19. The molecule has 0 atom stereocenters. The van der Waals surface area contributed by atoms with Crippen molar-refractivity contribution in [1.29, 1.82) is 0 Å². The van der Waals surface area contributed by atoms with E-state index in [2.05, 4.69) is 15.0 Å². The topological polar surface area (TPSA) is 71.1 Å². The molecule has 1 rings (SSSR count). The van der Waals surface area contributed by atoms with Gasteiger partial charge in [0.25, 0.3) is 0 Å². The SMILES string of the molecule is CCC(CC)NS(=O)(=O)c1cnccc1NC. The van der Waals surface area contributed by atoms with Crippen LogP contribution < -0.4 is 10.0 Å². The van der Waals surface area contributed by atoms with Crippen molar-refractivity contribution in [2.24, 2.45) is 0 Å². The average molecular weight is 257 g/mol. The summed E-state index contributed by atoms with van der Waals surface area (Å²) in [7, 11) is -1.82. The molecule has 0 saturated carbocycles. The van der Waals surface area contributed by atoms with Gasteiger partial charge in [-0.25, -0.2) is 13.1 Å². The van der Waals surface area contributed by atoms with Gasteiger partial charge in [-0.15, -0.1) is 0 Å². The number of aromatic nitrogens is 1. The van der Waals surface area contributed by atoms with E-state index >= 15 is 0 Å². The first-order chi connectivity index (χ1) is 8.05. The summed E-state index contributed by atoms with van der Waals surface area (Å²) in [5.74, 6) is 0. The van der Waals surface area contributed by atoms with Crippen molar-refractivity contribution < 1.29 is 8.42 Å². The van der Waals surface area contributed by atoms with Gasteiger partial charge in [-0.3, -0.25) is 4.98 Å². The van der Waals surface area contributed by atoms with E-state index in [0.29, 0.717) is 5.69 Å². The van der Waals surface area contributed by atoms with Gasteiger partial charge >= 0.3 is 0 Å². The standard InChI is InChI=1S/C11H19N3O2S/c1-4-9(5-2)14-17(15,16)11-8-13-7-6-10(11)12-3/h6-9,14H,4-5H2,1-3H3,(H,12,13). The van der Waals surface area contributed by atoms with Gasteiger partial charge in [0.2, 0.25) is 10.0 Å². The van der Waals surface area contributed by atoms with Gasteiger partial charge in [0.05, 0.1) is 5.69 Å². The number of rotatable bonds is 6. The maximum absolute atomic E-state index is 12.1. The normalized spacial score (nSPS) is 11.8. The molecule has 0 radical (unpaired) electrons. The minimum atomic E-state index is -3.50. The minimum absolute atomic E-state index is 0.0371. The highest BCUT2D eigenvalue weighted by Gasteiger charge is 2.21. The van der Waals surface area contributed by atoms with E-state index in [9.17, 15) is 8.42 Å². The molecule has 96 valence electrons. The molecule has 0 amide bonds. The lowest BCUT2D eigenvalue weighted by Gasteiger charge is -2.16. The summed E-state index contributed by atoms with van der Waals surface area (Å²) in [6.07, 6.45) is 4.45. The van der Waals surface area contributed by atoms with Crippen LogP contribution in [0.5, 0.6) is 0 Å². The van der Waals surface area contributed by atoms with Crippen LogP contribution in [-0.4, -0.2) is 26.5 Å². The number of sulfonamides is 1. The summed E-state index contributed by atoms with van der Waals surface area (Å²) in [6.45, 7) is 3.91. The molecule has 0 unspecified atom stereocenters. The smallest absolute Gasteiger partial charge is 0.244 e. The molecule has 0 spiro atoms. The van der Waals surface area contributed by atoms with Gasteiger partial charge in [-0.05, 0) is 18.9 Å². The second-order valence-electron chi connectivity index (χ2n) is 3.76. The van der Waals surface area contributed by atoms with Gasteiger partial charge in [0, 0.05) is 25.5 Å². The molecular formula is C11H19N3O2S. The highest BCUT2D eigenvalue weighted by molar-refractivity contribution is 7.89. The number of hydrogen-bond donors (Lipinski definition) is 2. The minimum Gasteiger partial charge on any atom is -0.387 e. The largest absolute Gasteiger partial charge is 0.387 e. The van der Waals surface area contributed by atoms with E-state index in [1.165, 1.54) is 6.20 Å². The number of hydrogen-bond acceptors (Lipinski definition) is 4. The molecule has 0 aromatic carbocycles. The molecule has 2 N–H and O–H groups in total. The molecule has 0 aliphatic heterocycles. The third kappa shape index (κ3) is 3.41. The fraction of sp³-hybridized carbons (Fsp3) is 0.545. The predicted octanol–water partition coefficient (Wildman–Crippen LogP) is 1.59. The van der Waals surface area contributed by atoms with Crippen molar-refractivity contribution in [3.8, 4) is 0 Å². The summed E-state index contributed by atoms with van der Waals surface area (Å²) in [5, 5.41) is 2.85. The molecule has 5 nitrogen and oxygen atoms in total. The van der Waals surface area contributed by atoms with Gasteiger partial charge in [-0.1, -0.05) is 13.8 Å². The van der Waals surface area contributed by atoms with Gasteiger partial charge in [-0.2, -0.15) is 0 Å². The fourth-order valence-corrected chi connectivity index (χ4v) is 3.10. The molecule has 1 aromatic rings. The Hall–Kier alpha value is -1.14. The first-order valence-corrected chi connectivity index (χ1v) is 7.17. The van der Waals surface area contributed by atoms with Crippen LogP contribution in [0.1, 0.15) is 26.7 Å². The Balaban J connectivity index is 3.04. The highest BCUT2D eigenvalue weighted by atomic mass is 32.2. The number of nitrogens with one attached hydrogen (secondary N) is 2. The number of pyridine rings is 1. The lowest BCUT2D eigenvalue weighted by Crippen LogP contribution is -2.34. The van der Waals surface area contributed by atoms with Gasteiger partial charge in [0.1, 0.15) is 4.90 Å². The van der Waals surface area contributed by atoms with Crippen molar-refractivity contribution in [1.82, 2.24) is 9.71 Å². The first kappa shape index (κ1) is 13.9. The average Bonchev–Trinajstić information content (AvgIpc) is 2.35. The van der Waals surface area contributed by atoms with E-state index in [1.54, 1.807) is 19.3 Å². The van der Waals surface area contributed by atoms with Crippen LogP contribution in [0.2, 0.25) is 0 Å². The van der Waals surface area contributed by atoms with Crippen LogP contribution in [0.4, 0.5) is 5.69 Å². The fourth-order valence-electron chi connectivity index (χ4n) is 1.54. The Labute approximate surface area is 103 Å². The third-order valence-electron chi connectivity index (χ3n) is 2.65. The Kier molecular flexibility index (Phi) is 4.89. The zero-order chi connectivity index (χ0) is 12.9. The van der Waals surface area contributed by atoms with Crippen molar-refractivity contribution in [2.45, 2.75) is 37.6 Å². The molecule has 1 heterocycles. The van der Waals surface area contributed by atoms with Crippen molar-refractivity contribution in [2.75, 3.05) is 12.4 Å². The summed E-state index contributed by atoms with van der Waals surface area (Å²) in [6, 6.07) is 1.60. The van der Waals surface area contributed by atoms with Crippen LogP contribution >= 0.6 is 0 Å². The third-order valence-corrected chi connectivity index (χ3v) is 4.20. The van der Waals surface area contributed by atoms with Gasteiger partial charge in [0.15, 0.2) is 0 Å². The van der Waals surface area contributed by atoms with Crippen LogP contribution in [0, 0.1) is 0 Å². The van der Waals surface area contributed by atoms with E-state index in [1.807, 2.05) is 13.8 Å². The maximum atomic E-state index is 12.1. The second-order valence-corrected chi connectivity index (χ2v) is 5.44. The Morgan fingerprint density at radius 3 is 2.53 bits per heavy atom. The van der Waals surface area contributed by atoms with Gasteiger partial charge < -0.3 is 5.32 Å². The van der Waals surface area contributed by atoms with Crippen molar-refractivity contribution >= 4 is 15.7 Å². The van der Waals surface area contributed by atoms with Crippen LogP contribution in [0.3, 0.4) is 0 Å². The molecule has 0 fully saturated rings. The first-order valence-electron chi connectivity index (χ1n) is 5.69. The lowest BCUT2D eigenvalue weighted by molar-refractivity contribution is 0.530. The summed E-state index contributed by atoms with van der Waals surface area (Å²) < 4.78 is 27.0. The van der Waals surface area contributed by atoms with E-state index < -0.39 is 10.0 Å². The summed E-state index contributed by atoms with van der Waals surface area (Å²) >= 11 is 0. The molecule has 0 saturated heterocycles. The Morgan fingerprint density at radius 2 is 2.00 bits per heavy atom. The maximum Gasteiger partial charge on any atom is 0.244 e. The summed E-state index contributed by atoms with van der Waals surface area (Å²) in [4.78, 5) is 4.05. The molecule has 6 heteroatoms. The Morgan fingerprint density at radius 1 is 1.35 bits per heavy atom. The molecule has 0 aliphatic rings. The van der Waals surface area contributed by atoms with Crippen LogP contribution in [-0.2, 0) is 10.0 Å². The Bertz CT molecular complexity index is 456. The molecule has 1 aromatic heterocycles. The molecular weight excluding hydrogens is 238 g/mol. The molecule has 17 heavy (non-hydrogen) atoms. The zero-order valence-corrected chi connectivity index (χ0v) is 11.2. The second kappa shape index (κ2) is 5.97.